The van der Waals surface area contributed by atoms with Crippen LogP contribution in [0.5, 0.6) is 11.5 Å². The van der Waals surface area contributed by atoms with E-state index in [9.17, 15) is 4.79 Å². The average Bonchev–Trinajstić information content (AvgIpc) is 2.55. The van der Waals surface area contributed by atoms with Crippen molar-refractivity contribution in [3.05, 3.63) is 41.5 Å². The largest absolute Gasteiger partial charge is 0.435 e. The Morgan fingerprint density at radius 2 is 1.91 bits per heavy atom. The highest BCUT2D eigenvalue weighted by Gasteiger charge is 2.07. The first-order valence-corrected chi connectivity index (χ1v) is 8.18. The Morgan fingerprint density at radius 1 is 1.26 bits per heavy atom. The molecule has 0 saturated heterocycles. The number of carbonyl (C=O) groups is 1. The summed E-state index contributed by atoms with van der Waals surface area (Å²) < 4.78 is 11.0. The van der Waals surface area contributed by atoms with E-state index in [4.69, 9.17) is 19.4 Å². The second kappa shape index (κ2) is 10.8. The van der Waals surface area contributed by atoms with Gasteiger partial charge in [-0.1, -0.05) is 31.9 Å². The van der Waals surface area contributed by atoms with Crippen LogP contribution >= 0.6 is 23.8 Å². The molecule has 2 radical (unpaired) electrons. The number of rotatable bonds is 9. The second-order valence-electron chi connectivity index (χ2n) is 3.95. The molecule has 0 spiro atoms. The molecule has 1 aromatic rings. The maximum atomic E-state index is 10.9. The first kappa shape index (κ1) is 19.1. The molecule has 0 saturated carbocycles. The van der Waals surface area contributed by atoms with Crippen molar-refractivity contribution < 1.29 is 13.2 Å². The van der Waals surface area contributed by atoms with Gasteiger partial charge in [0.1, 0.15) is 11.6 Å². The molecule has 0 aliphatic heterocycles. The summed E-state index contributed by atoms with van der Waals surface area (Å²) in [6.45, 7) is 7.35. The van der Waals surface area contributed by atoms with Gasteiger partial charge >= 0.3 is 0 Å². The Bertz CT molecular complexity index is 645. The molecular formula is C14H14B2N2O3S2. The number of nitriles is 1. The van der Waals surface area contributed by atoms with Crippen LogP contribution in [0.15, 0.2) is 35.9 Å². The lowest BCUT2D eigenvalue weighted by molar-refractivity contribution is -0.114. The second-order valence-corrected chi connectivity index (χ2v) is 5.61. The molecule has 1 rings (SSSR count). The maximum Gasteiger partial charge on any atom is 0.259 e. The number of primary amides is 1. The number of allylic oxidation sites excluding steroid dienone is 2. The van der Waals surface area contributed by atoms with E-state index in [-0.39, 0.29) is 5.57 Å². The Hall–Kier alpha value is -1.91. The molecule has 0 bridgehead atoms. The molecule has 0 heterocycles. The summed E-state index contributed by atoms with van der Waals surface area (Å²) in [4.78, 5) is 10.9. The lowest BCUT2D eigenvalue weighted by Crippen LogP contribution is -2.12. The van der Waals surface area contributed by atoms with Crippen LogP contribution in [0.1, 0.15) is 5.56 Å². The highest BCUT2D eigenvalue weighted by molar-refractivity contribution is 8.19. The minimum atomic E-state index is -0.757. The van der Waals surface area contributed by atoms with E-state index in [1.54, 1.807) is 36.9 Å². The van der Waals surface area contributed by atoms with Crippen LogP contribution in [0, 0.1) is 11.3 Å². The maximum absolute atomic E-state index is 10.9. The molecule has 0 atom stereocenters. The van der Waals surface area contributed by atoms with Gasteiger partial charge in [0.15, 0.2) is 11.5 Å². The van der Waals surface area contributed by atoms with Crippen molar-refractivity contribution >= 4 is 48.9 Å². The van der Waals surface area contributed by atoms with Crippen molar-refractivity contribution in [2.24, 2.45) is 5.73 Å². The summed E-state index contributed by atoms with van der Waals surface area (Å²) >= 11 is 2.39. The van der Waals surface area contributed by atoms with Gasteiger partial charge < -0.3 is 14.1 Å². The fraction of sp³-hybridized carbons (Fsp3) is 0.143. The molecule has 0 aromatic heterocycles. The van der Waals surface area contributed by atoms with E-state index in [0.29, 0.717) is 11.5 Å². The number of amides is 1. The van der Waals surface area contributed by atoms with Crippen molar-refractivity contribution in [1.29, 1.82) is 5.26 Å². The van der Waals surface area contributed by atoms with Crippen LogP contribution in [0.4, 0.5) is 0 Å². The first-order valence-electron chi connectivity index (χ1n) is 6.57. The minimum absolute atomic E-state index is 0.108. The monoisotopic (exact) mass is 344 g/mol. The van der Waals surface area contributed by atoms with Crippen molar-refractivity contribution in [3.8, 4) is 17.6 Å². The number of hydrogen-bond donors (Lipinski definition) is 1. The van der Waals surface area contributed by atoms with E-state index in [2.05, 4.69) is 0 Å². The van der Waals surface area contributed by atoms with Crippen molar-refractivity contribution in [1.82, 2.24) is 0 Å². The third kappa shape index (κ3) is 6.80. The standard InChI is InChI=1S/C14H14B2N2O3S2/c1-15-22-20-12-7-6-10(8-13(12)21-23-16-2)4-3-5-11(9-17)14(18)19/h3-8H,1-2H3,(H2,18,19)/b4-3+,11-5+. The Kier molecular flexibility index (Phi) is 8.95. The fourth-order valence-corrected chi connectivity index (χ4v) is 2.06. The van der Waals surface area contributed by atoms with E-state index < -0.39 is 5.91 Å². The summed E-state index contributed by atoms with van der Waals surface area (Å²) in [6.07, 6.45) is 4.68. The van der Waals surface area contributed by atoms with Crippen molar-refractivity contribution in [2.75, 3.05) is 0 Å². The summed E-state index contributed by atoms with van der Waals surface area (Å²) in [7, 11) is 0. The van der Waals surface area contributed by atoms with E-state index in [1.807, 2.05) is 26.3 Å². The van der Waals surface area contributed by atoms with Gasteiger partial charge in [0.2, 0.25) is 13.1 Å². The van der Waals surface area contributed by atoms with E-state index >= 15 is 0 Å². The molecule has 9 heteroatoms. The predicted octanol–water partition coefficient (Wildman–Crippen LogP) is 3.02. The van der Waals surface area contributed by atoms with Crippen molar-refractivity contribution in [3.63, 3.8) is 0 Å². The molecule has 1 aromatic carbocycles. The highest BCUT2D eigenvalue weighted by Crippen LogP contribution is 2.33. The number of nitrogens with two attached hydrogens (primary N) is 1. The highest BCUT2D eigenvalue weighted by atomic mass is 32.2. The third-order valence-corrected chi connectivity index (χ3v) is 3.31. The molecule has 2 N–H and O–H groups in total. The van der Waals surface area contributed by atoms with Gasteiger partial charge in [-0.05, 0) is 47.6 Å². The molecule has 1 amide bonds. The van der Waals surface area contributed by atoms with Gasteiger partial charge in [-0.2, -0.15) is 5.26 Å². The van der Waals surface area contributed by atoms with Crippen LogP contribution in [-0.2, 0) is 4.79 Å². The van der Waals surface area contributed by atoms with E-state index in [1.165, 1.54) is 29.9 Å². The van der Waals surface area contributed by atoms with Gasteiger partial charge in [-0.25, -0.2) is 0 Å². The summed E-state index contributed by atoms with van der Waals surface area (Å²) in [5.41, 5.74) is 5.78. The summed E-state index contributed by atoms with van der Waals surface area (Å²) in [6, 6.07) is 7.15. The van der Waals surface area contributed by atoms with Crippen LogP contribution in [0.25, 0.3) is 6.08 Å². The molecule has 23 heavy (non-hydrogen) atoms. The quantitative estimate of drug-likeness (QED) is 0.244. The van der Waals surface area contributed by atoms with Gasteiger partial charge in [0, 0.05) is 0 Å². The normalized spacial score (nSPS) is 10.9. The van der Waals surface area contributed by atoms with E-state index in [0.717, 1.165) is 5.56 Å². The fourth-order valence-electron chi connectivity index (χ4n) is 1.39. The zero-order valence-corrected chi connectivity index (χ0v) is 14.3. The minimum Gasteiger partial charge on any atom is -0.435 e. The molecular weight excluding hydrogens is 330 g/mol. The lowest BCUT2D eigenvalue weighted by atomic mass is 10.1. The SMILES string of the molecule is C[B]SOc1ccc(/C=C/C=C(\C#N)C(N)=O)cc1OS[B]C. The number of nitrogens with zero attached hydrogens (tertiary/aromatic N) is 1. The van der Waals surface area contributed by atoms with Crippen LogP contribution < -0.4 is 14.1 Å². The molecule has 0 fully saturated rings. The predicted molar refractivity (Wildman–Crippen MR) is 98.0 cm³/mol. The molecule has 0 aliphatic carbocycles. The van der Waals surface area contributed by atoms with Gasteiger partial charge in [0.25, 0.3) is 5.91 Å². The van der Waals surface area contributed by atoms with Crippen LogP contribution in [-0.4, -0.2) is 19.0 Å². The molecule has 5 nitrogen and oxygen atoms in total. The summed E-state index contributed by atoms with van der Waals surface area (Å²) in [5, 5.41) is 8.75. The zero-order chi connectivity index (χ0) is 17.1. The topological polar surface area (TPSA) is 85.3 Å². The lowest BCUT2D eigenvalue weighted by Gasteiger charge is -2.10. The first-order chi connectivity index (χ1) is 11.1. The molecule has 0 aliphatic rings. The number of hydrogen-bond acceptors (Lipinski definition) is 6. The van der Waals surface area contributed by atoms with Crippen molar-refractivity contribution in [2.45, 2.75) is 13.6 Å². The van der Waals surface area contributed by atoms with Crippen LogP contribution in [0.3, 0.4) is 0 Å². The Balaban J connectivity index is 2.95. The van der Waals surface area contributed by atoms with Gasteiger partial charge in [-0.15, -0.1) is 0 Å². The third-order valence-electron chi connectivity index (χ3n) is 2.37. The van der Waals surface area contributed by atoms with Crippen LogP contribution in [0.2, 0.25) is 13.6 Å². The Labute approximate surface area is 146 Å². The zero-order valence-electron chi connectivity index (χ0n) is 12.7. The molecule has 116 valence electrons. The molecule has 0 unspecified atom stereocenters. The summed E-state index contributed by atoms with van der Waals surface area (Å²) in [5.74, 6) is 0.418. The Morgan fingerprint density at radius 3 is 2.48 bits per heavy atom. The number of carbonyl (C=O) groups excluding carboxylic acids is 1. The van der Waals surface area contributed by atoms with Gasteiger partial charge in [0.05, 0.1) is 0 Å². The van der Waals surface area contributed by atoms with Gasteiger partial charge in [-0.3, -0.25) is 4.79 Å². The smallest absolute Gasteiger partial charge is 0.259 e. The number of benzene rings is 1. The average molecular weight is 344 g/mol.